The lowest BCUT2D eigenvalue weighted by molar-refractivity contribution is 0.0344. The van der Waals surface area contributed by atoms with Crippen LogP contribution in [0.1, 0.15) is 19.4 Å². The molecule has 2 heterocycles. The van der Waals surface area contributed by atoms with E-state index in [-0.39, 0.29) is 0 Å². The third-order valence-electron chi connectivity index (χ3n) is 3.28. The predicted molar refractivity (Wildman–Crippen MR) is 74.9 cm³/mol. The molecule has 0 unspecified atom stereocenters. The van der Waals surface area contributed by atoms with E-state index in [1.54, 1.807) is 6.20 Å². The zero-order chi connectivity index (χ0) is 13.9. The predicted octanol–water partition coefficient (Wildman–Crippen LogP) is -0.172. The molecule has 0 amide bonds. The van der Waals surface area contributed by atoms with Crippen molar-refractivity contribution in [3.8, 4) is 0 Å². The third kappa shape index (κ3) is 3.86. The number of rotatable bonds is 4. The van der Waals surface area contributed by atoms with Crippen LogP contribution in [0.4, 0.5) is 5.82 Å². The first-order chi connectivity index (χ1) is 8.99. The van der Waals surface area contributed by atoms with E-state index in [1.165, 1.54) is 0 Å². The van der Waals surface area contributed by atoms with Crippen LogP contribution in [0.2, 0.25) is 0 Å². The molecule has 1 saturated heterocycles. The Kier molecular flexibility index (Phi) is 4.34. The van der Waals surface area contributed by atoms with Crippen molar-refractivity contribution in [2.24, 2.45) is 5.73 Å². The Balaban J connectivity index is 1.96. The summed E-state index contributed by atoms with van der Waals surface area (Å²) in [5.41, 5.74) is 6.12. The highest BCUT2D eigenvalue weighted by Crippen LogP contribution is 2.18. The van der Waals surface area contributed by atoms with Gasteiger partial charge in [0, 0.05) is 44.8 Å². The third-order valence-corrected chi connectivity index (χ3v) is 3.28. The van der Waals surface area contributed by atoms with Crippen molar-refractivity contribution < 1.29 is 5.11 Å². The molecule has 2 rings (SSSR count). The molecule has 1 aliphatic heterocycles. The molecule has 6 nitrogen and oxygen atoms in total. The zero-order valence-corrected chi connectivity index (χ0v) is 11.7. The van der Waals surface area contributed by atoms with Gasteiger partial charge in [-0.05, 0) is 19.9 Å². The molecule has 3 N–H and O–H groups in total. The molecule has 1 aromatic rings. The number of β-amino-alcohol motifs (C(OH)–C–C–N with tert-alkyl or cyclic N) is 1. The average molecular weight is 265 g/mol. The van der Waals surface area contributed by atoms with Crippen LogP contribution in [0.15, 0.2) is 12.3 Å². The molecule has 1 aliphatic rings. The van der Waals surface area contributed by atoms with E-state index < -0.39 is 5.60 Å². The molecule has 19 heavy (non-hydrogen) atoms. The highest BCUT2D eigenvalue weighted by molar-refractivity contribution is 5.45. The van der Waals surface area contributed by atoms with Gasteiger partial charge in [0.2, 0.25) is 0 Å². The van der Waals surface area contributed by atoms with Crippen molar-refractivity contribution in [1.29, 1.82) is 0 Å². The monoisotopic (exact) mass is 265 g/mol. The van der Waals surface area contributed by atoms with Crippen molar-refractivity contribution in [3.63, 3.8) is 0 Å². The Morgan fingerprint density at radius 1 is 1.32 bits per heavy atom. The van der Waals surface area contributed by atoms with Crippen molar-refractivity contribution in [2.75, 3.05) is 37.6 Å². The maximum atomic E-state index is 9.84. The van der Waals surface area contributed by atoms with Gasteiger partial charge in [0.05, 0.1) is 11.8 Å². The maximum absolute atomic E-state index is 9.84. The molecule has 0 bridgehead atoms. The topological polar surface area (TPSA) is 78.5 Å². The Labute approximate surface area is 114 Å². The molecule has 106 valence electrons. The molecular formula is C13H23N5O. The normalized spacial score (nSPS) is 17.8. The van der Waals surface area contributed by atoms with Crippen molar-refractivity contribution in [2.45, 2.75) is 26.0 Å². The van der Waals surface area contributed by atoms with E-state index in [9.17, 15) is 5.11 Å². The Morgan fingerprint density at radius 3 is 2.58 bits per heavy atom. The van der Waals surface area contributed by atoms with Gasteiger partial charge in [0.15, 0.2) is 5.82 Å². The lowest BCUT2D eigenvalue weighted by Gasteiger charge is -2.38. The largest absolute Gasteiger partial charge is 0.389 e. The van der Waals surface area contributed by atoms with Crippen LogP contribution in [0.25, 0.3) is 0 Å². The molecule has 0 radical (unpaired) electrons. The molecule has 0 spiro atoms. The second-order valence-electron chi connectivity index (χ2n) is 5.66. The number of aromatic nitrogens is 2. The second-order valence-corrected chi connectivity index (χ2v) is 5.66. The van der Waals surface area contributed by atoms with E-state index >= 15 is 0 Å². The number of piperazine rings is 1. The molecular weight excluding hydrogens is 242 g/mol. The summed E-state index contributed by atoms with van der Waals surface area (Å²) in [6.45, 7) is 8.49. The number of nitrogens with two attached hydrogens (primary N) is 1. The number of aliphatic hydroxyl groups is 1. The quantitative estimate of drug-likeness (QED) is 0.787. The summed E-state index contributed by atoms with van der Waals surface area (Å²) in [5, 5.41) is 18.0. The zero-order valence-electron chi connectivity index (χ0n) is 11.7. The van der Waals surface area contributed by atoms with Gasteiger partial charge in [-0.2, -0.15) is 5.10 Å². The van der Waals surface area contributed by atoms with Crippen LogP contribution in [-0.2, 0) is 6.54 Å². The van der Waals surface area contributed by atoms with E-state index in [4.69, 9.17) is 5.73 Å². The standard InChI is InChI=1S/C13H23N5O/c1-13(2,19)10-17-5-7-18(8-6-17)12-11(9-14)3-4-15-16-12/h3-4,19H,5-10,14H2,1-2H3. The minimum Gasteiger partial charge on any atom is -0.389 e. The molecule has 0 aromatic carbocycles. The number of hydrogen-bond acceptors (Lipinski definition) is 6. The fraction of sp³-hybridized carbons (Fsp3) is 0.692. The van der Waals surface area contributed by atoms with Gasteiger partial charge in [0.1, 0.15) is 0 Å². The van der Waals surface area contributed by atoms with Gasteiger partial charge in [-0.25, -0.2) is 0 Å². The lowest BCUT2D eigenvalue weighted by Crippen LogP contribution is -2.51. The fourth-order valence-corrected chi connectivity index (χ4v) is 2.44. The average Bonchev–Trinajstić information content (AvgIpc) is 2.38. The van der Waals surface area contributed by atoms with Gasteiger partial charge in [0.25, 0.3) is 0 Å². The summed E-state index contributed by atoms with van der Waals surface area (Å²) < 4.78 is 0. The number of anilines is 1. The van der Waals surface area contributed by atoms with Gasteiger partial charge >= 0.3 is 0 Å². The van der Waals surface area contributed by atoms with Crippen LogP contribution in [0.5, 0.6) is 0 Å². The van der Waals surface area contributed by atoms with Crippen LogP contribution < -0.4 is 10.6 Å². The van der Waals surface area contributed by atoms with Crippen LogP contribution in [0, 0.1) is 0 Å². The highest BCUT2D eigenvalue weighted by atomic mass is 16.3. The van der Waals surface area contributed by atoms with Gasteiger partial charge in [-0.1, -0.05) is 0 Å². The van der Waals surface area contributed by atoms with Crippen molar-refractivity contribution in [1.82, 2.24) is 15.1 Å². The SMILES string of the molecule is CC(C)(O)CN1CCN(c2nnccc2CN)CC1. The first kappa shape index (κ1) is 14.2. The summed E-state index contributed by atoms with van der Waals surface area (Å²) in [6, 6.07) is 1.92. The Hall–Kier alpha value is -1.24. The van der Waals surface area contributed by atoms with Gasteiger partial charge in [-0.3, -0.25) is 4.90 Å². The highest BCUT2D eigenvalue weighted by Gasteiger charge is 2.24. The lowest BCUT2D eigenvalue weighted by atomic mass is 10.1. The number of nitrogens with zero attached hydrogens (tertiary/aromatic N) is 4. The number of hydrogen-bond donors (Lipinski definition) is 2. The molecule has 0 saturated carbocycles. The molecule has 1 aromatic heterocycles. The molecule has 0 aliphatic carbocycles. The Bertz CT molecular complexity index is 410. The van der Waals surface area contributed by atoms with E-state index in [2.05, 4.69) is 20.0 Å². The first-order valence-corrected chi connectivity index (χ1v) is 6.70. The van der Waals surface area contributed by atoms with Crippen molar-refractivity contribution in [3.05, 3.63) is 17.8 Å². The Morgan fingerprint density at radius 2 is 2.00 bits per heavy atom. The minimum absolute atomic E-state index is 0.481. The van der Waals surface area contributed by atoms with E-state index in [1.807, 2.05) is 19.9 Å². The summed E-state index contributed by atoms with van der Waals surface area (Å²) in [6.07, 6.45) is 1.68. The molecule has 0 atom stereocenters. The first-order valence-electron chi connectivity index (χ1n) is 6.70. The van der Waals surface area contributed by atoms with Gasteiger partial charge in [-0.15, -0.1) is 5.10 Å². The van der Waals surface area contributed by atoms with E-state index in [0.717, 1.165) is 37.6 Å². The molecule has 1 fully saturated rings. The van der Waals surface area contributed by atoms with Crippen molar-refractivity contribution >= 4 is 5.82 Å². The maximum Gasteiger partial charge on any atom is 0.155 e. The van der Waals surface area contributed by atoms with Gasteiger partial charge < -0.3 is 15.7 Å². The second kappa shape index (κ2) is 5.81. The summed E-state index contributed by atoms with van der Waals surface area (Å²) in [5.74, 6) is 0.896. The summed E-state index contributed by atoms with van der Waals surface area (Å²) in [4.78, 5) is 4.49. The van der Waals surface area contributed by atoms with Crippen LogP contribution >= 0.6 is 0 Å². The summed E-state index contributed by atoms with van der Waals surface area (Å²) in [7, 11) is 0. The fourth-order valence-electron chi connectivity index (χ4n) is 2.44. The summed E-state index contributed by atoms with van der Waals surface area (Å²) >= 11 is 0. The molecule has 6 heteroatoms. The van der Waals surface area contributed by atoms with Crippen LogP contribution in [0.3, 0.4) is 0 Å². The van der Waals surface area contributed by atoms with E-state index in [0.29, 0.717) is 13.1 Å². The minimum atomic E-state index is -0.642. The smallest absolute Gasteiger partial charge is 0.155 e. The van der Waals surface area contributed by atoms with Crippen LogP contribution in [-0.4, -0.2) is 58.5 Å².